The molecule has 1 aromatic rings. The molecule has 2 N–H and O–H groups in total. The quantitative estimate of drug-likeness (QED) is 0.847. The van der Waals surface area contributed by atoms with E-state index in [2.05, 4.69) is 0 Å². The molecule has 0 radical (unpaired) electrons. The number of aliphatic hydroxyl groups is 2. The van der Waals surface area contributed by atoms with Crippen LogP contribution in [0, 0.1) is 12.7 Å². The third-order valence-corrected chi connectivity index (χ3v) is 3.06. The Hall–Kier alpha value is -1.13. The third-order valence-electron chi connectivity index (χ3n) is 3.06. The van der Waals surface area contributed by atoms with E-state index in [1.54, 1.807) is 19.9 Å². The molecule has 0 bridgehead atoms. The molecule has 96 valence electrons. The van der Waals surface area contributed by atoms with Crippen LogP contribution in [0.5, 0.6) is 0 Å². The summed E-state index contributed by atoms with van der Waals surface area (Å²) in [4.78, 5) is 1.84. The van der Waals surface area contributed by atoms with Gasteiger partial charge in [0.1, 0.15) is 5.82 Å². The van der Waals surface area contributed by atoms with Crippen LogP contribution in [0.1, 0.15) is 31.1 Å². The summed E-state index contributed by atoms with van der Waals surface area (Å²) >= 11 is 0. The van der Waals surface area contributed by atoms with Crippen LogP contribution in [0.15, 0.2) is 12.1 Å². The van der Waals surface area contributed by atoms with Gasteiger partial charge in [0.05, 0.1) is 12.7 Å². The van der Waals surface area contributed by atoms with Crippen LogP contribution in [-0.2, 0) is 0 Å². The van der Waals surface area contributed by atoms with E-state index in [4.69, 9.17) is 5.11 Å². The summed E-state index contributed by atoms with van der Waals surface area (Å²) in [6.07, 6.45) is -0.742. The summed E-state index contributed by atoms with van der Waals surface area (Å²) in [5, 5.41) is 18.8. The Bertz CT molecular complexity index is 393. The Morgan fingerprint density at radius 3 is 2.41 bits per heavy atom. The van der Waals surface area contributed by atoms with Crippen LogP contribution in [0.4, 0.5) is 10.1 Å². The highest BCUT2D eigenvalue weighted by Gasteiger charge is 2.17. The van der Waals surface area contributed by atoms with Gasteiger partial charge in [-0.15, -0.1) is 0 Å². The predicted molar refractivity (Wildman–Crippen MR) is 66.7 cm³/mol. The third kappa shape index (κ3) is 2.96. The van der Waals surface area contributed by atoms with E-state index in [1.165, 1.54) is 6.07 Å². The molecule has 17 heavy (non-hydrogen) atoms. The number of anilines is 1. The van der Waals surface area contributed by atoms with E-state index < -0.39 is 6.10 Å². The topological polar surface area (TPSA) is 43.7 Å². The smallest absolute Gasteiger partial charge is 0.126 e. The molecule has 0 aliphatic carbocycles. The lowest BCUT2D eigenvalue weighted by Crippen LogP contribution is -2.32. The average Bonchev–Trinajstić information content (AvgIpc) is 2.29. The minimum absolute atomic E-state index is 0.00612. The average molecular weight is 241 g/mol. The molecule has 0 saturated heterocycles. The summed E-state index contributed by atoms with van der Waals surface area (Å²) in [5.41, 5.74) is 1.82. The van der Waals surface area contributed by atoms with Gasteiger partial charge in [-0.1, -0.05) is 0 Å². The Morgan fingerprint density at radius 1 is 1.35 bits per heavy atom. The fourth-order valence-electron chi connectivity index (χ4n) is 1.68. The summed E-state index contributed by atoms with van der Waals surface area (Å²) in [6, 6.07) is 2.97. The molecule has 0 spiro atoms. The molecule has 3 nitrogen and oxygen atoms in total. The highest BCUT2D eigenvalue weighted by Crippen LogP contribution is 2.29. The number of hydrogen-bond donors (Lipinski definition) is 2. The fraction of sp³-hybridized carbons (Fsp3) is 0.538. The van der Waals surface area contributed by atoms with Crippen molar-refractivity contribution >= 4 is 5.69 Å². The number of benzene rings is 1. The van der Waals surface area contributed by atoms with Gasteiger partial charge >= 0.3 is 0 Å². The van der Waals surface area contributed by atoms with Gasteiger partial charge < -0.3 is 15.1 Å². The summed E-state index contributed by atoms with van der Waals surface area (Å²) < 4.78 is 13.5. The Balaban J connectivity index is 3.25. The van der Waals surface area contributed by atoms with E-state index >= 15 is 0 Å². The summed E-state index contributed by atoms with van der Waals surface area (Å²) in [6.45, 7) is 5.16. The van der Waals surface area contributed by atoms with Crippen molar-refractivity contribution in [1.82, 2.24) is 0 Å². The van der Waals surface area contributed by atoms with Gasteiger partial charge in [-0.25, -0.2) is 4.39 Å². The maximum Gasteiger partial charge on any atom is 0.126 e. The first-order valence-electron chi connectivity index (χ1n) is 5.70. The fourth-order valence-corrected chi connectivity index (χ4v) is 1.68. The van der Waals surface area contributed by atoms with E-state index in [0.717, 1.165) is 5.69 Å². The molecule has 0 aliphatic heterocycles. The largest absolute Gasteiger partial charge is 0.394 e. The van der Waals surface area contributed by atoms with Crippen LogP contribution in [-0.4, -0.2) is 29.9 Å². The van der Waals surface area contributed by atoms with Crippen molar-refractivity contribution in [2.75, 3.05) is 18.6 Å². The van der Waals surface area contributed by atoms with Crippen LogP contribution in [0.3, 0.4) is 0 Å². The SMILES string of the molecule is Cc1cc(N(C)C(C)CO)c(C(C)O)cc1F. The molecule has 4 heteroatoms. The van der Waals surface area contributed by atoms with Crippen molar-refractivity contribution in [3.05, 3.63) is 29.1 Å². The number of hydrogen-bond acceptors (Lipinski definition) is 3. The minimum Gasteiger partial charge on any atom is -0.394 e. The van der Waals surface area contributed by atoms with Gasteiger partial charge in [0.2, 0.25) is 0 Å². The van der Waals surface area contributed by atoms with Crippen LogP contribution < -0.4 is 4.90 Å². The molecule has 0 saturated carbocycles. The second kappa shape index (κ2) is 5.47. The van der Waals surface area contributed by atoms with Crippen LogP contribution in [0.25, 0.3) is 0 Å². The van der Waals surface area contributed by atoms with E-state index in [9.17, 15) is 9.50 Å². The van der Waals surface area contributed by atoms with Gasteiger partial charge in [-0.05, 0) is 38.5 Å². The predicted octanol–water partition coefficient (Wildman–Crippen LogP) is 2.00. The molecule has 0 aliphatic rings. The Morgan fingerprint density at radius 2 is 1.94 bits per heavy atom. The van der Waals surface area contributed by atoms with Crippen molar-refractivity contribution in [3.63, 3.8) is 0 Å². The molecule has 0 fully saturated rings. The van der Waals surface area contributed by atoms with E-state index in [-0.39, 0.29) is 18.5 Å². The number of nitrogens with zero attached hydrogens (tertiary/aromatic N) is 1. The molecule has 0 amide bonds. The highest BCUT2D eigenvalue weighted by molar-refractivity contribution is 5.56. The summed E-state index contributed by atoms with van der Waals surface area (Å²) in [5.74, 6) is -0.324. The monoisotopic (exact) mass is 241 g/mol. The van der Waals surface area contributed by atoms with Crippen molar-refractivity contribution in [1.29, 1.82) is 0 Å². The molecule has 0 heterocycles. The second-order valence-corrected chi connectivity index (χ2v) is 4.48. The molecule has 0 aromatic heterocycles. The number of rotatable bonds is 4. The minimum atomic E-state index is -0.742. The lowest BCUT2D eigenvalue weighted by atomic mass is 10.0. The number of aryl methyl sites for hydroxylation is 1. The normalized spacial score (nSPS) is 14.5. The molecule has 1 aromatic carbocycles. The maximum atomic E-state index is 13.5. The zero-order valence-electron chi connectivity index (χ0n) is 10.7. The first kappa shape index (κ1) is 13.9. The molecule has 2 atom stereocenters. The first-order valence-corrected chi connectivity index (χ1v) is 5.70. The lowest BCUT2D eigenvalue weighted by molar-refractivity contribution is 0.198. The van der Waals surface area contributed by atoms with Crippen LogP contribution >= 0.6 is 0 Å². The number of likely N-dealkylation sites (N-methyl/N-ethyl adjacent to an activating group) is 1. The first-order chi connectivity index (χ1) is 7.88. The van der Waals surface area contributed by atoms with Gasteiger partial charge in [-0.2, -0.15) is 0 Å². The van der Waals surface area contributed by atoms with Gasteiger partial charge in [-0.3, -0.25) is 0 Å². The highest BCUT2D eigenvalue weighted by atomic mass is 19.1. The second-order valence-electron chi connectivity index (χ2n) is 4.48. The zero-order valence-corrected chi connectivity index (χ0v) is 10.7. The number of aliphatic hydroxyl groups excluding tert-OH is 2. The van der Waals surface area contributed by atoms with Crippen LogP contribution in [0.2, 0.25) is 0 Å². The van der Waals surface area contributed by atoms with Gasteiger partial charge in [0, 0.05) is 24.3 Å². The van der Waals surface area contributed by atoms with E-state index in [0.29, 0.717) is 11.1 Å². The maximum absolute atomic E-state index is 13.5. The van der Waals surface area contributed by atoms with Crippen molar-refractivity contribution < 1.29 is 14.6 Å². The van der Waals surface area contributed by atoms with Crippen molar-refractivity contribution in [2.24, 2.45) is 0 Å². The molecular weight excluding hydrogens is 221 g/mol. The standard InChI is InChI=1S/C13H20FNO2/c1-8-5-13(15(4)9(2)7-16)11(10(3)17)6-12(8)14/h5-6,9-10,16-17H,7H2,1-4H3. The van der Waals surface area contributed by atoms with Gasteiger partial charge in [0.25, 0.3) is 0 Å². The van der Waals surface area contributed by atoms with Crippen molar-refractivity contribution in [3.8, 4) is 0 Å². The van der Waals surface area contributed by atoms with Gasteiger partial charge in [0.15, 0.2) is 0 Å². The molecule has 2 unspecified atom stereocenters. The molecular formula is C13H20FNO2. The molecule has 1 rings (SSSR count). The Labute approximate surface area is 101 Å². The number of halogens is 1. The lowest BCUT2D eigenvalue weighted by Gasteiger charge is -2.29. The summed E-state index contributed by atoms with van der Waals surface area (Å²) in [7, 11) is 1.82. The van der Waals surface area contributed by atoms with Crippen molar-refractivity contribution in [2.45, 2.75) is 32.9 Å². The van der Waals surface area contributed by atoms with E-state index in [1.807, 2.05) is 18.9 Å². The Kier molecular flexibility index (Phi) is 4.48. The zero-order chi connectivity index (χ0) is 13.2.